The quantitative estimate of drug-likeness (QED) is 0.629. The molecule has 3 aromatic rings. The van der Waals surface area contributed by atoms with Crippen LogP contribution in [0.3, 0.4) is 0 Å². The predicted molar refractivity (Wildman–Crippen MR) is 112 cm³/mol. The SMILES string of the molecule is CC1=C(c2ccc(NC(=O)c3c(F)cccc3F)cc2)CN(c2nccs2)CC1. The van der Waals surface area contributed by atoms with E-state index in [1.165, 1.54) is 17.2 Å². The van der Waals surface area contributed by atoms with Gasteiger partial charge in [-0.2, -0.15) is 0 Å². The minimum atomic E-state index is -0.885. The van der Waals surface area contributed by atoms with E-state index in [2.05, 4.69) is 22.1 Å². The zero-order chi connectivity index (χ0) is 20.4. The summed E-state index contributed by atoms with van der Waals surface area (Å²) in [6.07, 6.45) is 2.76. The van der Waals surface area contributed by atoms with Crippen LogP contribution in [0.25, 0.3) is 5.57 Å². The number of hydrogen-bond acceptors (Lipinski definition) is 4. The Hall–Kier alpha value is -3.06. The van der Waals surface area contributed by atoms with E-state index in [1.807, 2.05) is 17.5 Å². The van der Waals surface area contributed by atoms with Crippen LogP contribution in [0.1, 0.15) is 29.3 Å². The number of rotatable bonds is 4. The van der Waals surface area contributed by atoms with Gasteiger partial charge in [0.05, 0.1) is 0 Å². The maximum absolute atomic E-state index is 13.8. The number of aromatic nitrogens is 1. The van der Waals surface area contributed by atoms with Gasteiger partial charge in [-0.3, -0.25) is 4.79 Å². The van der Waals surface area contributed by atoms with Crippen LogP contribution in [-0.2, 0) is 0 Å². The summed E-state index contributed by atoms with van der Waals surface area (Å²) in [5.74, 6) is -2.58. The third kappa shape index (κ3) is 4.05. The number of benzene rings is 2. The average molecular weight is 411 g/mol. The van der Waals surface area contributed by atoms with Crippen molar-refractivity contribution in [3.05, 3.63) is 82.4 Å². The highest BCUT2D eigenvalue weighted by Crippen LogP contribution is 2.31. The van der Waals surface area contributed by atoms with E-state index >= 15 is 0 Å². The highest BCUT2D eigenvalue weighted by molar-refractivity contribution is 7.13. The molecule has 0 fully saturated rings. The summed E-state index contributed by atoms with van der Waals surface area (Å²) >= 11 is 1.62. The number of thiazole rings is 1. The van der Waals surface area contributed by atoms with Crippen LogP contribution < -0.4 is 10.2 Å². The number of amides is 1. The van der Waals surface area contributed by atoms with E-state index in [0.29, 0.717) is 5.69 Å². The van der Waals surface area contributed by atoms with Crippen LogP contribution in [0.15, 0.2) is 59.6 Å². The third-order valence-corrected chi connectivity index (χ3v) is 5.82. The Balaban J connectivity index is 1.51. The van der Waals surface area contributed by atoms with Crippen molar-refractivity contribution < 1.29 is 13.6 Å². The Morgan fingerprint density at radius 1 is 1.14 bits per heavy atom. The molecule has 7 heteroatoms. The van der Waals surface area contributed by atoms with Crippen LogP contribution in [0.4, 0.5) is 19.6 Å². The van der Waals surface area contributed by atoms with E-state index in [0.717, 1.165) is 42.3 Å². The summed E-state index contributed by atoms with van der Waals surface area (Å²) < 4.78 is 27.6. The zero-order valence-electron chi connectivity index (χ0n) is 15.8. The molecular weight excluding hydrogens is 392 g/mol. The molecule has 1 N–H and O–H groups in total. The van der Waals surface area contributed by atoms with Crippen LogP contribution >= 0.6 is 11.3 Å². The second-order valence-corrected chi connectivity index (χ2v) is 7.75. The normalized spacial score (nSPS) is 14.2. The molecule has 1 aliphatic heterocycles. The van der Waals surface area contributed by atoms with Gasteiger partial charge in [-0.1, -0.05) is 23.8 Å². The Labute approximate surface area is 171 Å². The van der Waals surface area contributed by atoms with E-state index in [9.17, 15) is 13.6 Å². The van der Waals surface area contributed by atoms with Crippen molar-refractivity contribution in [3.8, 4) is 0 Å². The van der Waals surface area contributed by atoms with E-state index in [4.69, 9.17) is 0 Å². The number of hydrogen-bond donors (Lipinski definition) is 1. The van der Waals surface area contributed by atoms with Gasteiger partial charge in [0.15, 0.2) is 5.13 Å². The second-order valence-electron chi connectivity index (χ2n) is 6.87. The fourth-order valence-corrected chi connectivity index (χ4v) is 4.06. The molecular formula is C22H19F2N3OS. The van der Waals surface area contributed by atoms with Gasteiger partial charge in [0, 0.05) is 30.4 Å². The Kier molecular flexibility index (Phi) is 5.40. The highest BCUT2D eigenvalue weighted by atomic mass is 32.1. The molecule has 2 heterocycles. The molecule has 0 aliphatic carbocycles. The maximum Gasteiger partial charge on any atom is 0.261 e. The topological polar surface area (TPSA) is 45.2 Å². The molecule has 0 saturated heterocycles. The summed E-state index contributed by atoms with van der Waals surface area (Å²) in [5.41, 5.74) is 3.50. The van der Waals surface area contributed by atoms with Crippen molar-refractivity contribution in [2.75, 3.05) is 23.3 Å². The number of nitrogens with zero attached hydrogens (tertiary/aromatic N) is 2. The maximum atomic E-state index is 13.8. The first-order valence-corrected chi connectivity index (χ1v) is 10.1. The van der Waals surface area contributed by atoms with Crippen LogP contribution in [0, 0.1) is 11.6 Å². The fourth-order valence-electron chi connectivity index (χ4n) is 3.39. The second kappa shape index (κ2) is 8.13. The Morgan fingerprint density at radius 3 is 2.52 bits per heavy atom. The largest absolute Gasteiger partial charge is 0.343 e. The minimum Gasteiger partial charge on any atom is -0.343 e. The van der Waals surface area contributed by atoms with Crippen molar-refractivity contribution in [1.82, 2.24) is 4.98 Å². The third-order valence-electron chi connectivity index (χ3n) is 4.99. The molecule has 0 bridgehead atoms. The average Bonchev–Trinajstić information content (AvgIpc) is 3.24. The van der Waals surface area contributed by atoms with Crippen LogP contribution in [0.2, 0.25) is 0 Å². The summed E-state index contributed by atoms with van der Waals surface area (Å²) in [6.45, 7) is 3.84. The lowest BCUT2D eigenvalue weighted by Gasteiger charge is -2.30. The monoisotopic (exact) mass is 411 g/mol. The number of halogens is 2. The lowest BCUT2D eigenvalue weighted by atomic mass is 9.95. The molecule has 0 unspecified atom stereocenters. The van der Waals surface area contributed by atoms with Crippen LogP contribution in [0.5, 0.6) is 0 Å². The first-order chi connectivity index (χ1) is 14.0. The summed E-state index contributed by atoms with van der Waals surface area (Å²) in [6, 6.07) is 10.7. The molecule has 0 radical (unpaired) electrons. The molecule has 1 amide bonds. The van der Waals surface area contributed by atoms with Gasteiger partial charge in [0.1, 0.15) is 17.2 Å². The minimum absolute atomic E-state index is 0.479. The zero-order valence-corrected chi connectivity index (χ0v) is 16.6. The van der Waals surface area contributed by atoms with Gasteiger partial charge in [0.2, 0.25) is 0 Å². The van der Waals surface area contributed by atoms with Gasteiger partial charge in [-0.15, -0.1) is 11.3 Å². The summed E-state index contributed by atoms with van der Waals surface area (Å²) in [5, 5.41) is 5.53. The van der Waals surface area contributed by atoms with E-state index in [-0.39, 0.29) is 0 Å². The highest BCUT2D eigenvalue weighted by Gasteiger charge is 2.20. The molecule has 0 atom stereocenters. The predicted octanol–water partition coefficient (Wildman–Crippen LogP) is 5.36. The summed E-state index contributed by atoms with van der Waals surface area (Å²) in [4.78, 5) is 18.9. The lowest BCUT2D eigenvalue weighted by Crippen LogP contribution is -2.30. The summed E-state index contributed by atoms with van der Waals surface area (Å²) in [7, 11) is 0. The first-order valence-electron chi connectivity index (χ1n) is 9.22. The standard InChI is InChI=1S/C22H19F2N3OS/c1-14-9-11-27(22-25-10-12-29-22)13-17(14)15-5-7-16(8-6-15)26-21(28)20-18(23)3-2-4-19(20)24/h2-8,10,12H,9,11,13H2,1H3,(H,26,28). The number of anilines is 2. The van der Waals surface area contributed by atoms with Gasteiger partial charge in [-0.25, -0.2) is 13.8 Å². The lowest BCUT2D eigenvalue weighted by molar-refractivity contribution is 0.101. The molecule has 4 rings (SSSR count). The van der Waals surface area contributed by atoms with Crippen molar-refractivity contribution in [1.29, 1.82) is 0 Å². The Bertz CT molecular complexity index is 1040. The van der Waals surface area contributed by atoms with Gasteiger partial charge in [0.25, 0.3) is 5.91 Å². The Morgan fingerprint density at radius 2 is 1.86 bits per heavy atom. The molecule has 1 aliphatic rings. The van der Waals surface area contributed by atoms with Gasteiger partial charge >= 0.3 is 0 Å². The molecule has 0 saturated carbocycles. The molecule has 2 aromatic carbocycles. The molecule has 1 aromatic heterocycles. The van der Waals surface area contributed by atoms with Crippen molar-refractivity contribution in [2.24, 2.45) is 0 Å². The van der Waals surface area contributed by atoms with Crippen LogP contribution in [-0.4, -0.2) is 24.0 Å². The number of nitrogens with one attached hydrogen (secondary N) is 1. The van der Waals surface area contributed by atoms with Crippen molar-refractivity contribution in [2.45, 2.75) is 13.3 Å². The molecule has 148 valence electrons. The molecule has 0 spiro atoms. The number of carbonyl (C=O) groups excluding carboxylic acids is 1. The smallest absolute Gasteiger partial charge is 0.261 e. The van der Waals surface area contributed by atoms with E-state index < -0.39 is 23.1 Å². The van der Waals surface area contributed by atoms with Crippen molar-refractivity contribution >= 4 is 33.6 Å². The van der Waals surface area contributed by atoms with E-state index in [1.54, 1.807) is 29.7 Å². The van der Waals surface area contributed by atoms with Crippen molar-refractivity contribution in [3.63, 3.8) is 0 Å². The van der Waals surface area contributed by atoms with Gasteiger partial charge < -0.3 is 10.2 Å². The molecule has 4 nitrogen and oxygen atoms in total. The van der Waals surface area contributed by atoms with Gasteiger partial charge in [-0.05, 0) is 48.7 Å². The number of carbonyl (C=O) groups is 1. The molecule has 29 heavy (non-hydrogen) atoms. The fraction of sp³-hybridized carbons (Fsp3) is 0.182. The first kappa shape index (κ1) is 19.3.